The summed E-state index contributed by atoms with van der Waals surface area (Å²) in [6.45, 7) is 4.90. The summed E-state index contributed by atoms with van der Waals surface area (Å²) in [6.07, 6.45) is 4.85. The van der Waals surface area contributed by atoms with Crippen LogP contribution in [0.5, 0.6) is 5.75 Å². The predicted octanol–water partition coefficient (Wildman–Crippen LogP) is 1.89. The third-order valence-electron chi connectivity index (χ3n) is 5.84. The largest absolute Gasteiger partial charge is 0.493 e. The molecule has 3 N–H and O–H groups in total. The molecule has 11 nitrogen and oxygen atoms in total. The Kier molecular flexibility index (Phi) is 9.60. The molecule has 2 heterocycles. The van der Waals surface area contributed by atoms with E-state index in [1.807, 2.05) is 0 Å². The lowest BCUT2D eigenvalue weighted by Gasteiger charge is -2.21. The van der Waals surface area contributed by atoms with Crippen molar-refractivity contribution in [3.05, 3.63) is 40.1 Å². The van der Waals surface area contributed by atoms with E-state index in [0.29, 0.717) is 41.4 Å². The van der Waals surface area contributed by atoms with Gasteiger partial charge in [-0.2, -0.15) is 4.31 Å². The van der Waals surface area contributed by atoms with Gasteiger partial charge in [0.1, 0.15) is 11.6 Å². The molecule has 0 aliphatic carbocycles. The molecule has 12 heteroatoms. The van der Waals surface area contributed by atoms with Crippen molar-refractivity contribution in [2.45, 2.75) is 57.8 Å². The van der Waals surface area contributed by atoms with Gasteiger partial charge in [-0.25, -0.2) is 17.9 Å². The van der Waals surface area contributed by atoms with Gasteiger partial charge >= 0.3 is 0 Å². The number of fused-ring (bicyclic) bond motifs is 1. The summed E-state index contributed by atoms with van der Waals surface area (Å²) in [7, 11) is -4.04. The second kappa shape index (κ2) is 12.4. The molecule has 36 heavy (non-hydrogen) atoms. The second-order valence-corrected chi connectivity index (χ2v) is 10.4. The summed E-state index contributed by atoms with van der Waals surface area (Å²) in [6, 6.07) is 4.29. The number of sulfonamides is 1. The Morgan fingerprint density at radius 3 is 2.47 bits per heavy atom. The van der Waals surface area contributed by atoms with Gasteiger partial charge in [-0.15, -0.1) is 5.10 Å². The van der Waals surface area contributed by atoms with Crippen molar-refractivity contribution in [2.75, 3.05) is 32.9 Å². The van der Waals surface area contributed by atoms with Crippen LogP contribution in [0.4, 0.5) is 0 Å². The van der Waals surface area contributed by atoms with Gasteiger partial charge < -0.3 is 19.9 Å². The Morgan fingerprint density at radius 1 is 1.11 bits per heavy atom. The molecule has 198 valence electrons. The molecular formula is C24H35N5O6S. The van der Waals surface area contributed by atoms with Crippen LogP contribution in [0.2, 0.25) is 0 Å². The quantitative estimate of drug-likeness (QED) is 0.272. The molecule has 0 radical (unpaired) electrons. The summed E-state index contributed by atoms with van der Waals surface area (Å²) >= 11 is 0. The molecule has 3 rings (SSSR count). The molecule has 0 saturated carbocycles. The number of nitrogens with one attached hydrogen (secondary N) is 1. The lowest BCUT2D eigenvalue weighted by atomic mass is 10.1. The number of nitrogens with zero attached hydrogens (tertiary/aromatic N) is 4. The minimum absolute atomic E-state index is 0.0767. The number of imidazole rings is 1. The van der Waals surface area contributed by atoms with Crippen LogP contribution in [-0.2, 0) is 16.4 Å². The summed E-state index contributed by atoms with van der Waals surface area (Å²) in [4.78, 5) is 20.3. The van der Waals surface area contributed by atoms with E-state index in [9.17, 15) is 23.4 Å². The first-order chi connectivity index (χ1) is 17.3. The average molecular weight is 522 g/mol. The maximum Gasteiger partial charge on any atom is 0.277 e. The molecule has 0 atom stereocenters. The Bertz CT molecular complexity index is 1330. The number of hydrogen-bond acceptors (Lipinski definition) is 8. The third-order valence-corrected chi connectivity index (χ3v) is 7.73. The molecule has 0 aliphatic rings. The van der Waals surface area contributed by atoms with Crippen LogP contribution in [-0.4, -0.2) is 75.4 Å². The number of hydrogen-bond donors (Lipinski definition) is 3. The number of unbranched alkanes of at least 4 members (excludes halogenated alkanes) is 3. The van der Waals surface area contributed by atoms with E-state index in [0.717, 1.165) is 30.0 Å². The summed E-state index contributed by atoms with van der Waals surface area (Å²) < 4.78 is 34.7. The van der Waals surface area contributed by atoms with Crippen LogP contribution in [0.25, 0.3) is 16.9 Å². The minimum atomic E-state index is -4.04. The first-order valence-electron chi connectivity index (χ1n) is 12.3. The lowest BCUT2D eigenvalue weighted by Crippen LogP contribution is -2.35. The number of aryl methyl sites for hydroxylation is 2. The maximum atomic E-state index is 13.2. The standard InChI is InChI=1S/C24H35N5O6S/c1-4-6-7-8-9-21-25-17(3)22-24(32)26-23(27-29(21)22)19-16-18(10-11-20(19)35-5-2)36(33,34)28(12-14-30)13-15-31/h10-11,16,30-31H,4-9,12-15H2,1-3H3,(H,26,27,32). The number of aromatic nitrogens is 4. The van der Waals surface area contributed by atoms with E-state index in [1.165, 1.54) is 22.7 Å². The van der Waals surface area contributed by atoms with E-state index in [4.69, 9.17) is 4.74 Å². The van der Waals surface area contributed by atoms with Gasteiger partial charge in [0.2, 0.25) is 10.0 Å². The Labute approximate surface area is 210 Å². The van der Waals surface area contributed by atoms with Crippen LogP contribution in [0.1, 0.15) is 51.0 Å². The minimum Gasteiger partial charge on any atom is -0.493 e. The maximum absolute atomic E-state index is 13.2. The van der Waals surface area contributed by atoms with Crippen molar-refractivity contribution >= 4 is 15.5 Å². The monoisotopic (exact) mass is 521 g/mol. The molecule has 0 unspecified atom stereocenters. The zero-order valence-electron chi connectivity index (χ0n) is 21.0. The molecule has 0 spiro atoms. The fraction of sp³-hybridized carbons (Fsp3) is 0.542. The van der Waals surface area contributed by atoms with Gasteiger partial charge in [-0.3, -0.25) is 4.79 Å². The van der Waals surface area contributed by atoms with E-state index in [-0.39, 0.29) is 29.4 Å². The number of rotatable bonds is 14. The molecule has 0 saturated heterocycles. The fourth-order valence-electron chi connectivity index (χ4n) is 4.09. The molecule has 0 amide bonds. The zero-order valence-corrected chi connectivity index (χ0v) is 21.8. The smallest absolute Gasteiger partial charge is 0.277 e. The molecule has 0 bridgehead atoms. The predicted molar refractivity (Wildman–Crippen MR) is 136 cm³/mol. The van der Waals surface area contributed by atoms with Crippen LogP contribution in [0, 0.1) is 6.92 Å². The van der Waals surface area contributed by atoms with Crippen molar-refractivity contribution in [2.24, 2.45) is 0 Å². The fourth-order valence-corrected chi connectivity index (χ4v) is 5.54. The summed E-state index contributed by atoms with van der Waals surface area (Å²) in [5, 5.41) is 23.2. The van der Waals surface area contributed by atoms with E-state index in [2.05, 4.69) is 22.0 Å². The van der Waals surface area contributed by atoms with E-state index in [1.54, 1.807) is 13.8 Å². The topological polar surface area (TPSA) is 150 Å². The SMILES string of the molecule is CCCCCCc1nc(C)c2c(=O)[nH]c(-c3cc(S(=O)(=O)N(CCO)CCO)ccc3OCC)nn12. The number of aliphatic hydroxyl groups excluding tert-OH is 2. The van der Waals surface area contributed by atoms with Crippen LogP contribution >= 0.6 is 0 Å². The molecular weight excluding hydrogens is 486 g/mol. The number of benzene rings is 1. The molecule has 0 aliphatic heterocycles. The molecule has 3 aromatic rings. The highest BCUT2D eigenvalue weighted by molar-refractivity contribution is 7.89. The third kappa shape index (κ3) is 5.94. The van der Waals surface area contributed by atoms with Crippen molar-refractivity contribution in [3.63, 3.8) is 0 Å². The highest BCUT2D eigenvalue weighted by atomic mass is 32.2. The lowest BCUT2D eigenvalue weighted by molar-refractivity contribution is 0.217. The number of aliphatic hydroxyl groups is 2. The molecule has 0 fully saturated rings. The Hall–Kier alpha value is -2.80. The van der Waals surface area contributed by atoms with Crippen molar-refractivity contribution in [1.29, 1.82) is 0 Å². The van der Waals surface area contributed by atoms with Gasteiger partial charge in [-0.05, 0) is 38.5 Å². The van der Waals surface area contributed by atoms with Crippen LogP contribution in [0.3, 0.4) is 0 Å². The zero-order chi connectivity index (χ0) is 26.3. The van der Waals surface area contributed by atoms with Crippen molar-refractivity contribution in [1.82, 2.24) is 23.9 Å². The van der Waals surface area contributed by atoms with Gasteiger partial charge in [-0.1, -0.05) is 26.2 Å². The van der Waals surface area contributed by atoms with Gasteiger partial charge in [0.05, 0.1) is 36.0 Å². The number of H-pyrrole nitrogens is 1. The first kappa shape index (κ1) is 27.8. The Balaban J connectivity index is 2.14. The Morgan fingerprint density at radius 2 is 1.83 bits per heavy atom. The number of ether oxygens (including phenoxy) is 1. The normalized spacial score (nSPS) is 12.1. The van der Waals surface area contributed by atoms with Crippen molar-refractivity contribution < 1.29 is 23.4 Å². The van der Waals surface area contributed by atoms with Gasteiger partial charge in [0.15, 0.2) is 11.3 Å². The second-order valence-electron chi connectivity index (χ2n) is 8.43. The molecule has 1 aromatic carbocycles. The van der Waals surface area contributed by atoms with Crippen molar-refractivity contribution in [3.8, 4) is 17.1 Å². The van der Waals surface area contributed by atoms with E-state index < -0.39 is 23.2 Å². The van der Waals surface area contributed by atoms with Gasteiger partial charge in [0.25, 0.3) is 5.56 Å². The molecule has 2 aromatic heterocycles. The summed E-state index contributed by atoms with van der Waals surface area (Å²) in [5.74, 6) is 1.18. The van der Waals surface area contributed by atoms with Crippen LogP contribution in [0.15, 0.2) is 27.9 Å². The van der Waals surface area contributed by atoms with Crippen LogP contribution < -0.4 is 10.3 Å². The highest BCUT2D eigenvalue weighted by Gasteiger charge is 2.26. The van der Waals surface area contributed by atoms with E-state index >= 15 is 0 Å². The number of aromatic amines is 1. The van der Waals surface area contributed by atoms with Gasteiger partial charge in [0, 0.05) is 19.5 Å². The highest BCUT2D eigenvalue weighted by Crippen LogP contribution is 2.31. The average Bonchev–Trinajstić information content (AvgIpc) is 3.17. The first-order valence-corrected chi connectivity index (χ1v) is 13.7. The summed E-state index contributed by atoms with van der Waals surface area (Å²) in [5.41, 5.74) is 0.838.